The predicted molar refractivity (Wildman–Crippen MR) is 75.5 cm³/mol. The normalized spacial score (nSPS) is 20.5. The van der Waals surface area contributed by atoms with Crippen LogP contribution >= 0.6 is 0 Å². The monoisotopic (exact) mass is 264 g/mol. The first kappa shape index (κ1) is 14.3. The van der Waals surface area contributed by atoms with Gasteiger partial charge in [0, 0.05) is 36.5 Å². The van der Waals surface area contributed by atoms with Crippen molar-refractivity contribution in [2.75, 3.05) is 13.7 Å². The quantitative estimate of drug-likeness (QED) is 0.886. The summed E-state index contributed by atoms with van der Waals surface area (Å²) in [6.45, 7) is 7.91. The lowest BCUT2D eigenvalue weighted by Gasteiger charge is -2.21. The highest BCUT2D eigenvalue weighted by molar-refractivity contribution is 5.40. The van der Waals surface area contributed by atoms with Gasteiger partial charge in [-0.3, -0.25) is 4.98 Å². The highest BCUT2D eigenvalue weighted by Gasteiger charge is 2.22. The molecule has 4 nitrogen and oxygen atoms in total. The molecule has 0 radical (unpaired) electrons. The number of aryl methyl sites for hydroxylation is 1. The molecule has 0 amide bonds. The van der Waals surface area contributed by atoms with Crippen LogP contribution in [0.2, 0.25) is 0 Å². The average molecular weight is 264 g/mol. The Morgan fingerprint density at radius 1 is 1.53 bits per heavy atom. The van der Waals surface area contributed by atoms with Crippen molar-refractivity contribution in [1.29, 1.82) is 0 Å². The first-order valence-corrected chi connectivity index (χ1v) is 6.97. The number of hydrogen-bond donors (Lipinski definition) is 1. The van der Waals surface area contributed by atoms with Crippen LogP contribution in [0, 0.1) is 13.8 Å². The second kappa shape index (κ2) is 6.35. The van der Waals surface area contributed by atoms with Gasteiger partial charge >= 0.3 is 0 Å². The number of aromatic nitrogens is 1. The van der Waals surface area contributed by atoms with Crippen LogP contribution in [0.4, 0.5) is 0 Å². The molecule has 1 aromatic rings. The number of nitrogens with zero attached hydrogens (tertiary/aromatic N) is 1. The Morgan fingerprint density at radius 2 is 2.32 bits per heavy atom. The third-order valence-electron chi connectivity index (χ3n) is 3.86. The molecule has 106 valence electrons. The van der Waals surface area contributed by atoms with Crippen LogP contribution in [0.1, 0.15) is 36.6 Å². The van der Waals surface area contributed by atoms with Crippen LogP contribution in [0.15, 0.2) is 6.20 Å². The van der Waals surface area contributed by atoms with Gasteiger partial charge in [0.15, 0.2) is 0 Å². The van der Waals surface area contributed by atoms with E-state index in [0.29, 0.717) is 12.1 Å². The van der Waals surface area contributed by atoms with Gasteiger partial charge in [0.1, 0.15) is 5.75 Å². The Labute approximate surface area is 115 Å². The van der Waals surface area contributed by atoms with Crippen molar-refractivity contribution in [3.63, 3.8) is 0 Å². The number of rotatable bonds is 5. The van der Waals surface area contributed by atoms with E-state index in [-0.39, 0.29) is 0 Å². The molecule has 0 aliphatic carbocycles. The first-order chi connectivity index (χ1) is 9.13. The largest absolute Gasteiger partial charge is 0.496 e. The molecule has 1 aliphatic heterocycles. The fourth-order valence-electron chi connectivity index (χ4n) is 2.64. The molecule has 19 heavy (non-hydrogen) atoms. The van der Waals surface area contributed by atoms with E-state index in [1.165, 1.54) is 6.42 Å². The summed E-state index contributed by atoms with van der Waals surface area (Å²) < 4.78 is 11.1. The molecular weight excluding hydrogens is 240 g/mol. The van der Waals surface area contributed by atoms with Crippen LogP contribution in [0.25, 0.3) is 0 Å². The SMILES string of the molecule is COc1c(C)cnc(CNC(C)C2CCCO2)c1C. The Morgan fingerprint density at radius 3 is 2.95 bits per heavy atom. The summed E-state index contributed by atoms with van der Waals surface area (Å²) in [5.41, 5.74) is 3.25. The van der Waals surface area contributed by atoms with Gasteiger partial charge in [-0.2, -0.15) is 0 Å². The third kappa shape index (κ3) is 3.25. The number of methoxy groups -OCH3 is 1. The molecule has 1 N–H and O–H groups in total. The van der Waals surface area contributed by atoms with Gasteiger partial charge in [-0.15, -0.1) is 0 Å². The van der Waals surface area contributed by atoms with Crippen LogP contribution < -0.4 is 10.1 Å². The lowest BCUT2D eigenvalue weighted by atomic mass is 10.1. The summed E-state index contributed by atoms with van der Waals surface area (Å²) in [5, 5.41) is 3.51. The van der Waals surface area contributed by atoms with Crippen molar-refractivity contribution >= 4 is 0 Å². The van der Waals surface area contributed by atoms with Gasteiger partial charge < -0.3 is 14.8 Å². The van der Waals surface area contributed by atoms with Gasteiger partial charge in [0.05, 0.1) is 18.9 Å². The lowest BCUT2D eigenvalue weighted by molar-refractivity contribution is 0.0830. The highest BCUT2D eigenvalue weighted by Crippen LogP contribution is 2.24. The molecule has 2 rings (SSSR count). The van der Waals surface area contributed by atoms with Gasteiger partial charge in [0.25, 0.3) is 0 Å². The van der Waals surface area contributed by atoms with E-state index in [9.17, 15) is 0 Å². The molecule has 0 saturated carbocycles. The van der Waals surface area contributed by atoms with E-state index < -0.39 is 0 Å². The van der Waals surface area contributed by atoms with Crippen LogP contribution in [0.5, 0.6) is 5.75 Å². The molecular formula is C15H24N2O2. The lowest BCUT2D eigenvalue weighted by Crippen LogP contribution is -2.36. The van der Waals surface area contributed by atoms with E-state index in [2.05, 4.69) is 24.1 Å². The molecule has 4 heteroatoms. The zero-order valence-corrected chi connectivity index (χ0v) is 12.3. The maximum absolute atomic E-state index is 5.69. The molecule has 1 aromatic heterocycles. The standard InChI is InChI=1S/C15H24N2O2/c1-10-8-17-13(11(2)15(10)18-4)9-16-12(3)14-6-5-7-19-14/h8,12,14,16H,5-7,9H2,1-4H3. The summed E-state index contributed by atoms with van der Waals surface area (Å²) in [5.74, 6) is 0.941. The Kier molecular flexibility index (Phi) is 4.77. The Bertz CT molecular complexity index is 428. The first-order valence-electron chi connectivity index (χ1n) is 6.97. The van der Waals surface area contributed by atoms with Gasteiger partial charge in [-0.1, -0.05) is 0 Å². The predicted octanol–water partition coefficient (Wildman–Crippen LogP) is 2.36. The second-order valence-electron chi connectivity index (χ2n) is 5.27. The maximum Gasteiger partial charge on any atom is 0.128 e. The molecule has 2 heterocycles. The van der Waals surface area contributed by atoms with Crippen molar-refractivity contribution in [3.05, 3.63) is 23.0 Å². The Balaban J connectivity index is 1.99. The number of hydrogen-bond acceptors (Lipinski definition) is 4. The molecule has 2 atom stereocenters. The fourth-order valence-corrected chi connectivity index (χ4v) is 2.64. The summed E-state index contributed by atoms with van der Waals surface area (Å²) in [6, 6.07) is 0.357. The molecule has 1 aliphatic rings. The third-order valence-corrected chi connectivity index (χ3v) is 3.86. The molecule has 0 spiro atoms. The van der Waals surface area contributed by atoms with Crippen LogP contribution in [-0.4, -0.2) is 30.8 Å². The molecule has 1 fully saturated rings. The van der Waals surface area contributed by atoms with Gasteiger partial charge in [-0.05, 0) is 33.6 Å². The maximum atomic E-state index is 5.69. The zero-order chi connectivity index (χ0) is 13.8. The zero-order valence-electron chi connectivity index (χ0n) is 12.3. The van der Waals surface area contributed by atoms with Crippen LogP contribution in [-0.2, 0) is 11.3 Å². The van der Waals surface area contributed by atoms with Crippen LogP contribution in [0.3, 0.4) is 0 Å². The summed E-state index contributed by atoms with van der Waals surface area (Å²) >= 11 is 0. The summed E-state index contributed by atoms with van der Waals surface area (Å²) in [4.78, 5) is 4.50. The smallest absolute Gasteiger partial charge is 0.128 e. The molecule has 2 unspecified atom stereocenters. The van der Waals surface area contributed by atoms with E-state index in [1.54, 1.807) is 7.11 Å². The van der Waals surface area contributed by atoms with Crippen molar-refractivity contribution in [3.8, 4) is 5.75 Å². The minimum absolute atomic E-state index is 0.340. The van der Waals surface area contributed by atoms with E-state index >= 15 is 0 Å². The number of nitrogens with one attached hydrogen (secondary N) is 1. The van der Waals surface area contributed by atoms with Gasteiger partial charge in [0.2, 0.25) is 0 Å². The van der Waals surface area contributed by atoms with Crippen molar-refractivity contribution in [2.24, 2.45) is 0 Å². The number of ether oxygens (including phenoxy) is 2. The van der Waals surface area contributed by atoms with E-state index in [0.717, 1.165) is 42.1 Å². The minimum Gasteiger partial charge on any atom is -0.496 e. The van der Waals surface area contributed by atoms with Crippen molar-refractivity contribution in [1.82, 2.24) is 10.3 Å². The summed E-state index contributed by atoms with van der Waals surface area (Å²) in [7, 11) is 1.71. The topological polar surface area (TPSA) is 43.4 Å². The Hall–Kier alpha value is -1.13. The minimum atomic E-state index is 0.340. The fraction of sp³-hybridized carbons (Fsp3) is 0.667. The van der Waals surface area contributed by atoms with Gasteiger partial charge in [-0.25, -0.2) is 0 Å². The highest BCUT2D eigenvalue weighted by atomic mass is 16.5. The summed E-state index contributed by atoms with van der Waals surface area (Å²) in [6.07, 6.45) is 4.54. The average Bonchev–Trinajstić information content (AvgIpc) is 2.92. The second-order valence-corrected chi connectivity index (χ2v) is 5.27. The number of pyridine rings is 1. The van der Waals surface area contributed by atoms with E-state index in [4.69, 9.17) is 9.47 Å². The van der Waals surface area contributed by atoms with E-state index in [1.807, 2.05) is 13.1 Å². The molecule has 1 saturated heterocycles. The van der Waals surface area contributed by atoms with Crippen molar-refractivity contribution in [2.45, 2.75) is 52.3 Å². The molecule has 0 bridgehead atoms. The molecule has 0 aromatic carbocycles. The van der Waals surface area contributed by atoms with Crippen molar-refractivity contribution < 1.29 is 9.47 Å².